The van der Waals surface area contributed by atoms with E-state index in [1.54, 1.807) is 43.2 Å². The van der Waals surface area contributed by atoms with Crippen molar-refractivity contribution in [2.45, 2.75) is 18.9 Å². The molecule has 0 bridgehead atoms. The van der Waals surface area contributed by atoms with Gasteiger partial charge in [-0.25, -0.2) is 4.39 Å². The van der Waals surface area contributed by atoms with Crippen LogP contribution in [-0.4, -0.2) is 33.9 Å². The summed E-state index contributed by atoms with van der Waals surface area (Å²) in [4.78, 5) is 11.8. The fourth-order valence-electron chi connectivity index (χ4n) is 1.98. The van der Waals surface area contributed by atoms with Crippen molar-refractivity contribution >= 4 is 5.91 Å². The first-order chi connectivity index (χ1) is 10.9. The van der Waals surface area contributed by atoms with E-state index < -0.39 is 11.4 Å². The first-order valence-electron chi connectivity index (χ1n) is 7.24. The van der Waals surface area contributed by atoms with E-state index >= 15 is 0 Å². The van der Waals surface area contributed by atoms with E-state index in [4.69, 9.17) is 4.74 Å². The minimum absolute atomic E-state index is 0.0528. The Labute approximate surface area is 133 Å². The average Bonchev–Trinajstić information content (AvgIpc) is 2.95. The highest BCUT2D eigenvalue weighted by Crippen LogP contribution is 2.18. The molecule has 0 aliphatic carbocycles. The number of para-hydroxylation sites is 1. The van der Waals surface area contributed by atoms with Gasteiger partial charge < -0.3 is 15.2 Å². The van der Waals surface area contributed by atoms with Gasteiger partial charge in [0.2, 0.25) is 5.91 Å². The lowest BCUT2D eigenvalue weighted by molar-refractivity contribution is -0.122. The molecular weight excluding hydrogens is 301 g/mol. The molecule has 0 saturated carbocycles. The number of aliphatic hydroxyl groups is 1. The summed E-state index contributed by atoms with van der Waals surface area (Å²) < 4.78 is 20.1. The molecule has 23 heavy (non-hydrogen) atoms. The lowest BCUT2D eigenvalue weighted by atomic mass is 10.00. The Bertz CT molecular complexity index is 670. The van der Waals surface area contributed by atoms with Crippen molar-refractivity contribution in [3.63, 3.8) is 0 Å². The number of hydrogen-bond acceptors (Lipinski definition) is 4. The normalized spacial score (nSPS) is 13.4. The molecule has 1 heterocycles. The number of carbonyl (C=O) groups excluding carboxylic acids is 1. The first kappa shape index (κ1) is 17.0. The van der Waals surface area contributed by atoms with Crippen LogP contribution in [0.4, 0.5) is 4.39 Å². The Morgan fingerprint density at radius 2 is 2.22 bits per heavy atom. The van der Waals surface area contributed by atoms with Crippen molar-refractivity contribution in [3.8, 4) is 5.75 Å². The largest absolute Gasteiger partial charge is 0.490 e. The van der Waals surface area contributed by atoms with Gasteiger partial charge in [0, 0.05) is 18.8 Å². The van der Waals surface area contributed by atoms with E-state index in [0.717, 1.165) is 0 Å². The molecule has 0 saturated heterocycles. The highest BCUT2D eigenvalue weighted by atomic mass is 19.1. The van der Waals surface area contributed by atoms with Crippen molar-refractivity contribution in [2.75, 3.05) is 13.2 Å². The summed E-state index contributed by atoms with van der Waals surface area (Å²) in [5, 5.41) is 17.0. The van der Waals surface area contributed by atoms with E-state index in [1.807, 2.05) is 0 Å². The number of rotatable bonds is 7. The molecule has 0 radical (unpaired) electrons. The smallest absolute Gasteiger partial charge is 0.223 e. The summed E-state index contributed by atoms with van der Waals surface area (Å²) >= 11 is 0. The van der Waals surface area contributed by atoms with E-state index in [9.17, 15) is 14.3 Å². The molecule has 0 aliphatic heterocycles. The summed E-state index contributed by atoms with van der Waals surface area (Å²) in [5.41, 5.74) is -0.598. The third-order valence-corrected chi connectivity index (χ3v) is 3.38. The standard InChI is InChI=1S/C16H20FN3O3/c1-16(22,12-9-19-20(2)10-12)11-18-15(21)7-8-23-14-6-4-3-5-13(14)17/h3-6,9-10,22H,7-8,11H2,1-2H3,(H,18,21). The van der Waals surface area contributed by atoms with E-state index in [1.165, 1.54) is 12.1 Å². The number of ether oxygens (including phenoxy) is 1. The molecule has 0 spiro atoms. The maximum Gasteiger partial charge on any atom is 0.223 e. The Kier molecular flexibility index (Phi) is 5.33. The van der Waals surface area contributed by atoms with Crippen LogP contribution >= 0.6 is 0 Å². The topological polar surface area (TPSA) is 76.4 Å². The second-order valence-electron chi connectivity index (χ2n) is 5.48. The Hall–Kier alpha value is -2.41. The van der Waals surface area contributed by atoms with Gasteiger partial charge in [-0.1, -0.05) is 12.1 Å². The maximum atomic E-state index is 13.3. The number of aromatic nitrogens is 2. The van der Waals surface area contributed by atoms with Crippen LogP contribution in [0, 0.1) is 5.82 Å². The summed E-state index contributed by atoms with van der Waals surface area (Å²) in [7, 11) is 1.75. The van der Waals surface area contributed by atoms with Gasteiger partial charge in [0.25, 0.3) is 0 Å². The quantitative estimate of drug-likeness (QED) is 0.807. The zero-order valence-electron chi connectivity index (χ0n) is 13.1. The van der Waals surface area contributed by atoms with Crippen molar-refractivity contribution in [1.82, 2.24) is 15.1 Å². The highest BCUT2D eigenvalue weighted by molar-refractivity contribution is 5.76. The van der Waals surface area contributed by atoms with Crippen molar-refractivity contribution in [3.05, 3.63) is 48.0 Å². The lowest BCUT2D eigenvalue weighted by Crippen LogP contribution is -2.38. The monoisotopic (exact) mass is 321 g/mol. The van der Waals surface area contributed by atoms with Crippen molar-refractivity contribution in [1.29, 1.82) is 0 Å². The first-order valence-corrected chi connectivity index (χ1v) is 7.24. The molecule has 2 N–H and O–H groups in total. The highest BCUT2D eigenvalue weighted by Gasteiger charge is 2.25. The molecule has 2 rings (SSSR count). The Morgan fingerprint density at radius 1 is 1.48 bits per heavy atom. The predicted octanol–water partition coefficient (Wildman–Crippen LogP) is 1.35. The molecular formula is C16H20FN3O3. The molecule has 7 heteroatoms. The zero-order chi connectivity index (χ0) is 16.9. The number of halogens is 1. The van der Waals surface area contributed by atoms with E-state index in [-0.39, 0.29) is 31.2 Å². The van der Waals surface area contributed by atoms with Gasteiger partial charge in [0.1, 0.15) is 5.60 Å². The van der Waals surface area contributed by atoms with Crippen LogP contribution in [0.3, 0.4) is 0 Å². The number of hydrogen-bond donors (Lipinski definition) is 2. The summed E-state index contributed by atoms with van der Waals surface area (Å²) in [6.07, 6.45) is 3.30. The summed E-state index contributed by atoms with van der Waals surface area (Å²) in [6.45, 7) is 1.71. The molecule has 1 aromatic heterocycles. The van der Waals surface area contributed by atoms with Gasteiger partial charge in [0.05, 0.1) is 25.8 Å². The Morgan fingerprint density at radius 3 is 2.87 bits per heavy atom. The predicted molar refractivity (Wildman–Crippen MR) is 82.3 cm³/mol. The zero-order valence-corrected chi connectivity index (χ0v) is 13.1. The van der Waals surface area contributed by atoms with Crippen LogP contribution < -0.4 is 10.1 Å². The van der Waals surface area contributed by atoms with Gasteiger partial charge >= 0.3 is 0 Å². The number of amides is 1. The molecule has 1 unspecified atom stereocenters. The third kappa shape index (κ3) is 4.79. The van der Waals surface area contributed by atoms with Crippen molar-refractivity contribution in [2.24, 2.45) is 7.05 Å². The summed E-state index contributed by atoms with van der Waals surface area (Å²) in [5.74, 6) is -0.638. The molecule has 0 fully saturated rings. The van der Waals surface area contributed by atoms with Gasteiger partial charge in [-0.2, -0.15) is 5.10 Å². The van der Waals surface area contributed by atoms with Gasteiger partial charge in [0.15, 0.2) is 11.6 Å². The molecule has 6 nitrogen and oxygen atoms in total. The molecule has 124 valence electrons. The molecule has 1 aromatic carbocycles. The lowest BCUT2D eigenvalue weighted by Gasteiger charge is -2.22. The molecule has 1 atom stereocenters. The fourth-order valence-corrected chi connectivity index (χ4v) is 1.98. The van der Waals surface area contributed by atoms with Crippen molar-refractivity contribution < 1.29 is 19.0 Å². The van der Waals surface area contributed by atoms with Crippen LogP contribution in [0.15, 0.2) is 36.7 Å². The minimum atomic E-state index is -1.21. The maximum absolute atomic E-state index is 13.3. The van der Waals surface area contributed by atoms with Crippen LogP contribution in [0.25, 0.3) is 0 Å². The van der Waals surface area contributed by atoms with Gasteiger partial charge in [-0.05, 0) is 19.1 Å². The number of nitrogens with zero attached hydrogens (tertiary/aromatic N) is 2. The Balaban J connectivity index is 1.76. The second kappa shape index (κ2) is 7.23. The molecule has 1 amide bonds. The second-order valence-corrected chi connectivity index (χ2v) is 5.48. The fraction of sp³-hybridized carbons (Fsp3) is 0.375. The number of benzene rings is 1. The number of aryl methyl sites for hydroxylation is 1. The van der Waals surface area contributed by atoms with Gasteiger partial charge in [-0.3, -0.25) is 9.48 Å². The van der Waals surface area contributed by atoms with E-state index in [2.05, 4.69) is 10.4 Å². The number of carbonyl (C=O) groups is 1. The van der Waals surface area contributed by atoms with Crippen LogP contribution in [0.5, 0.6) is 5.75 Å². The average molecular weight is 321 g/mol. The van der Waals surface area contributed by atoms with Crippen LogP contribution in [0.1, 0.15) is 18.9 Å². The van der Waals surface area contributed by atoms with E-state index in [0.29, 0.717) is 5.56 Å². The SMILES string of the molecule is Cn1cc(C(C)(O)CNC(=O)CCOc2ccccc2F)cn1. The van der Waals surface area contributed by atoms with Crippen LogP contribution in [0.2, 0.25) is 0 Å². The summed E-state index contributed by atoms with van der Waals surface area (Å²) in [6, 6.07) is 6.01. The third-order valence-electron chi connectivity index (χ3n) is 3.38. The minimum Gasteiger partial charge on any atom is -0.490 e. The molecule has 2 aromatic rings. The van der Waals surface area contributed by atoms with Gasteiger partial charge in [-0.15, -0.1) is 0 Å². The molecule has 0 aliphatic rings. The number of nitrogens with one attached hydrogen (secondary N) is 1. The van der Waals surface area contributed by atoms with Crippen LogP contribution in [-0.2, 0) is 17.4 Å².